The lowest BCUT2D eigenvalue weighted by Crippen LogP contribution is -2.44. The lowest BCUT2D eigenvalue weighted by Gasteiger charge is -2.29. The van der Waals surface area contributed by atoms with Crippen molar-refractivity contribution < 1.29 is 4.74 Å². The smallest absolute Gasteiger partial charge is 0.120 e. The minimum atomic E-state index is 0.203. The van der Waals surface area contributed by atoms with Gasteiger partial charge in [0.05, 0.1) is 5.52 Å². The first kappa shape index (κ1) is 12.4. The molecule has 1 aliphatic heterocycles. The second-order valence-electron chi connectivity index (χ2n) is 5.24. The van der Waals surface area contributed by atoms with E-state index in [-0.39, 0.29) is 6.10 Å². The fraction of sp³-hybridized carbons (Fsp3) is 0.438. The van der Waals surface area contributed by atoms with Crippen molar-refractivity contribution in [1.82, 2.24) is 10.3 Å². The molecule has 2 aromatic rings. The van der Waals surface area contributed by atoms with Gasteiger partial charge in [-0.05, 0) is 50.6 Å². The van der Waals surface area contributed by atoms with Crippen LogP contribution < -0.4 is 10.1 Å². The summed E-state index contributed by atoms with van der Waals surface area (Å²) in [5.74, 6) is 0.931. The van der Waals surface area contributed by atoms with E-state index in [1.54, 1.807) is 0 Å². The molecule has 0 aliphatic carbocycles. The molecule has 0 spiro atoms. The molecule has 0 radical (unpaired) electrons. The first-order valence-electron chi connectivity index (χ1n) is 7.08. The van der Waals surface area contributed by atoms with Gasteiger partial charge in [0.1, 0.15) is 11.9 Å². The molecule has 3 heteroatoms. The van der Waals surface area contributed by atoms with Crippen LogP contribution in [-0.4, -0.2) is 23.7 Å². The van der Waals surface area contributed by atoms with Gasteiger partial charge in [0, 0.05) is 17.6 Å². The lowest BCUT2D eigenvalue weighted by atomic mass is 10.0. The van der Waals surface area contributed by atoms with Gasteiger partial charge in [-0.3, -0.25) is 4.98 Å². The maximum Gasteiger partial charge on any atom is 0.120 e. The second-order valence-corrected chi connectivity index (χ2v) is 5.24. The largest absolute Gasteiger partial charge is 0.489 e. The summed E-state index contributed by atoms with van der Waals surface area (Å²) in [6.07, 6.45) is 5.81. The van der Waals surface area contributed by atoms with Crippen LogP contribution in [0.15, 0.2) is 36.5 Å². The summed E-state index contributed by atoms with van der Waals surface area (Å²) in [7, 11) is 0. The van der Waals surface area contributed by atoms with Gasteiger partial charge >= 0.3 is 0 Å². The summed E-state index contributed by atoms with van der Waals surface area (Å²) in [6, 6.07) is 10.6. The Morgan fingerprint density at radius 3 is 3.11 bits per heavy atom. The molecule has 19 heavy (non-hydrogen) atoms. The van der Waals surface area contributed by atoms with Crippen LogP contribution in [0.4, 0.5) is 0 Å². The number of hydrogen-bond donors (Lipinski definition) is 1. The SMILES string of the molecule is CC(Oc1ccc2ncccc2c1)C1CCCCN1. The molecule has 1 aromatic carbocycles. The van der Waals surface area contributed by atoms with Crippen LogP contribution in [0.1, 0.15) is 26.2 Å². The molecule has 2 heterocycles. The van der Waals surface area contributed by atoms with Gasteiger partial charge in [-0.1, -0.05) is 12.5 Å². The Bertz CT molecular complexity index is 549. The average molecular weight is 256 g/mol. The fourth-order valence-corrected chi connectivity index (χ4v) is 2.70. The number of benzene rings is 1. The molecular formula is C16H20N2O. The second kappa shape index (κ2) is 5.57. The highest BCUT2D eigenvalue weighted by atomic mass is 16.5. The van der Waals surface area contributed by atoms with Crippen molar-refractivity contribution in [1.29, 1.82) is 0 Å². The zero-order valence-corrected chi connectivity index (χ0v) is 11.3. The third kappa shape index (κ3) is 2.87. The highest BCUT2D eigenvalue weighted by Gasteiger charge is 2.20. The normalized spacial score (nSPS) is 21.2. The monoisotopic (exact) mass is 256 g/mol. The van der Waals surface area contributed by atoms with Crippen molar-refractivity contribution in [3.05, 3.63) is 36.5 Å². The van der Waals surface area contributed by atoms with Gasteiger partial charge in [-0.25, -0.2) is 0 Å². The van der Waals surface area contributed by atoms with E-state index in [0.717, 1.165) is 23.2 Å². The number of ether oxygens (including phenoxy) is 1. The summed E-state index contributed by atoms with van der Waals surface area (Å²) < 4.78 is 6.07. The van der Waals surface area contributed by atoms with Crippen LogP contribution >= 0.6 is 0 Å². The number of piperidine rings is 1. The van der Waals surface area contributed by atoms with Crippen LogP contribution in [-0.2, 0) is 0 Å². The van der Waals surface area contributed by atoms with E-state index in [1.807, 2.05) is 24.4 Å². The molecular weight excluding hydrogens is 236 g/mol. The molecule has 3 rings (SSSR count). The van der Waals surface area contributed by atoms with Crippen LogP contribution in [0.2, 0.25) is 0 Å². The predicted octanol–water partition coefficient (Wildman–Crippen LogP) is 3.14. The zero-order chi connectivity index (χ0) is 13.1. The number of nitrogens with one attached hydrogen (secondary N) is 1. The third-order valence-corrected chi connectivity index (χ3v) is 3.81. The van der Waals surface area contributed by atoms with Crippen molar-refractivity contribution in [2.75, 3.05) is 6.54 Å². The number of aromatic nitrogens is 1. The van der Waals surface area contributed by atoms with Gasteiger partial charge in [0.15, 0.2) is 0 Å². The van der Waals surface area contributed by atoms with Crippen LogP contribution in [0.5, 0.6) is 5.75 Å². The van der Waals surface area contributed by atoms with Crippen molar-refractivity contribution in [3.8, 4) is 5.75 Å². The van der Waals surface area contributed by atoms with E-state index in [0.29, 0.717) is 6.04 Å². The number of pyridine rings is 1. The highest BCUT2D eigenvalue weighted by molar-refractivity contribution is 5.79. The maximum atomic E-state index is 6.07. The zero-order valence-electron chi connectivity index (χ0n) is 11.3. The molecule has 0 amide bonds. The Morgan fingerprint density at radius 1 is 1.32 bits per heavy atom. The van der Waals surface area contributed by atoms with E-state index < -0.39 is 0 Å². The Balaban J connectivity index is 1.73. The maximum absolute atomic E-state index is 6.07. The Morgan fingerprint density at radius 2 is 2.26 bits per heavy atom. The van der Waals surface area contributed by atoms with Crippen LogP contribution in [0.3, 0.4) is 0 Å². The van der Waals surface area contributed by atoms with Gasteiger partial charge < -0.3 is 10.1 Å². The molecule has 0 bridgehead atoms. The molecule has 1 saturated heterocycles. The molecule has 1 N–H and O–H groups in total. The molecule has 1 aromatic heterocycles. The number of nitrogens with zero attached hydrogens (tertiary/aromatic N) is 1. The van der Waals surface area contributed by atoms with Crippen LogP contribution in [0, 0.1) is 0 Å². The van der Waals surface area contributed by atoms with E-state index >= 15 is 0 Å². The molecule has 1 fully saturated rings. The van der Waals surface area contributed by atoms with E-state index in [9.17, 15) is 0 Å². The van der Waals surface area contributed by atoms with E-state index in [4.69, 9.17) is 4.74 Å². The number of hydrogen-bond acceptors (Lipinski definition) is 3. The quantitative estimate of drug-likeness (QED) is 0.916. The van der Waals surface area contributed by atoms with Crippen molar-refractivity contribution >= 4 is 10.9 Å². The standard InChI is InChI=1S/C16H20N2O/c1-12(15-6-2-3-9-17-15)19-14-7-8-16-13(11-14)5-4-10-18-16/h4-5,7-8,10-12,15,17H,2-3,6,9H2,1H3. The lowest BCUT2D eigenvalue weighted by molar-refractivity contribution is 0.153. The molecule has 0 saturated carbocycles. The topological polar surface area (TPSA) is 34.1 Å². The van der Waals surface area contributed by atoms with Gasteiger partial charge in [0.25, 0.3) is 0 Å². The number of rotatable bonds is 3. The van der Waals surface area contributed by atoms with Crippen molar-refractivity contribution in [2.24, 2.45) is 0 Å². The fourth-order valence-electron chi connectivity index (χ4n) is 2.70. The first-order valence-corrected chi connectivity index (χ1v) is 7.08. The third-order valence-electron chi connectivity index (χ3n) is 3.81. The minimum absolute atomic E-state index is 0.203. The molecule has 2 unspecified atom stereocenters. The van der Waals surface area contributed by atoms with Crippen LogP contribution in [0.25, 0.3) is 10.9 Å². The molecule has 1 aliphatic rings. The average Bonchev–Trinajstić information content (AvgIpc) is 2.48. The first-order chi connectivity index (χ1) is 9.33. The van der Waals surface area contributed by atoms with E-state index in [1.165, 1.54) is 19.3 Å². The van der Waals surface area contributed by atoms with Crippen molar-refractivity contribution in [2.45, 2.75) is 38.3 Å². The number of fused-ring (bicyclic) bond motifs is 1. The summed E-state index contributed by atoms with van der Waals surface area (Å²) >= 11 is 0. The van der Waals surface area contributed by atoms with E-state index in [2.05, 4.69) is 29.4 Å². The molecule has 2 atom stereocenters. The Kier molecular flexibility index (Phi) is 3.65. The van der Waals surface area contributed by atoms with Gasteiger partial charge in [-0.15, -0.1) is 0 Å². The predicted molar refractivity (Wildman–Crippen MR) is 77.5 cm³/mol. The summed E-state index contributed by atoms with van der Waals surface area (Å²) in [5.41, 5.74) is 1.01. The summed E-state index contributed by atoms with van der Waals surface area (Å²) in [5, 5.41) is 4.67. The van der Waals surface area contributed by atoms with Gasteiger partial charge in [-0.2, -0.15) is 0 Å². The molecule has 100 valence electrons. The van der Waals surface area contributed by atoms with Crippen molar-refractivity contribution in [3.63, 3.8) is 0 Å². The molecule has 3 nitrogen and oxygen atoms in total. The Hall–Kier alpha value is -1.61. The Labute approximate surface area is 114 Å². The highest BCUT2D eigenvalue weighted by Crippen LogP contribution is 2.22. The summed E-state index contributed by atoms with van der Waals surface area (Å²) in [6.45, 7) is 3.26. The van der Waals surface area contributed by atoms with Gasteiger partial charge in [0.2, 0.25) is 0 Å². The summed E-state index contributed by atoms with van der Waals surface area (Å²) in [4.78, 5) is 4.32. The minimum Gasteiger partial charge on any atom is -0.489 e.